The van der Waals surface area contributed by atoms with E-state index in [-0.39, 0.29) is 0 Å². The first kappa shape index (κ1) is 15.9. The highest BCUT2D eigenvalue weighted by molar-refractivity contribution is 5.32. The fraction of sp³-hybridized carbons (Fsp3) is 0.786. The van der Waals surface area contributed by atoms with Crippen LogP contribution in [0.25, 0.3) is 0 Å². The van der Waals surface area contributed by atoms with Crippen LogP contribution >= 0.6 is 0 Å². The lowest BCUT2D eigenvalue weighted by Crippen LogP contribution is -1.88. The maximum Gasteiger partial charge on any atom is 0.234 e. The molecule has 0 saturated carbocycles. The standard InChI is InChI=1S/C14H25NO2/c1-2-12-17-13-10-8-6-4-3-5-7-9-11-15-14-16/h2,12H,3-11,13H2,1H3. The van der Waals surface area contributed by atoms with Gasteiger partial charge >= 0.3 is 0 Å². The smallest absolute Gasteiger partial charge is 0.234 e. The van der Waals surface area contributed by atoms with Crippen LogP contribution in [0.3, 0.4) is 0 Å². The SMILES string of the molecule is CC=COCCCCCCCCCCN=C=O. The second-order valence-electron chi connectivity index (χ2n) is 4.14. The lowest BCUT2D eigenvalue weighted by atomic mass is 10.1. The monoisotopic (exact) mass is 239 g/mol. The molecule has 0 aromatic carbocycles. The zero-order valence-electron chi connectivity index (χ0n) is 11.0. The molecule has 0 saturated heterocycles. The minimum atomic E-state index is 0.645. The molecule has 3 nitrogen and oxygen atoms in total. The third-order valence-corrected chi connectivity index (χ3v) is 2.58. The van der Waals surface area contributed by atoms with Crippen LogP contribution in [-0.4, -0.2) is 19.2 Å². The molecule has 0 unspecified atom stereocenters. The predicted molar refractivity (Wildman–Crippen MR) is 70.7 cm³/mol. The minimum Gasteiger partial charge on any atom is -0.502 e. The normalized spacial score (nSPS) is 10.4. The highest BCUT2D eigenvalue weighted by atomic mass is 16.5. The van der Waals surface area contributed by atoms with Gasteiger partial charge in [-0.15, -0.1) is 0 Å². The Kier molecular flexibility index (Phi) is 14.0. The minimum absolute atomic E-state index is 0.645. The number of aliphatic imine (C=N–C) groups is 1. The first-order valence-corrected chi connectivity index (χ1v) is 6.68. The molecule has 0 heterocycles. The van der Waals surface area contributed by atoms with Gasteiger partial charge in [-0.3, -0.25) is 0 Å². The van der Waals surface area contributed by atoms with Crippen molar-refractivity contribution in [3.05, 3.63) is 12.3 Å². The van der Waals surface area contributed by atoms with Gasteiger partial charge in [-0.2, -0.15) is 0 Å². The first-order valence-electron chi connectivity index (χ1n) is 6.68. The Bertz CT molecular complexity index is 220. The number of ether oxygens (including phenoxy) is 1. The van der Waals surface area contributed by atoms with Gasteiger partial charge in [0.25, 0.3) is 0 Å². The van der Waals surface area contributed by atoms with Crippen LogP contribution in [0.4, 0.5) is 0 Å². The Morgan fingerprint density at radius 2 is 1.59 bits per heavy atom. The molecule has 98 valence electrons. The zero-order valence-corrected chi connectivity index (χ0v) is 11.0. The van der Waals surface area contributed by atoms with E-state index in [0.717, 1.165) is 19.4 Å². The number of hydrogen-bond donors (Lipinski definition) is 0. The third kappa shape index (κ3) is 14.9. The molecule has 0 aromatic rings. The summed E-state index contributed by atoms with van der Waals surface area (Å²) in [6.07, 6.45) is 15.0. The highest BCUT2D eigenvalue weighted by Crippen LogP contribution is 2.08. The van der Waals surface area contributed by atoms with Crippen LogP contribution in [0, 0.1) is 0 Å². The number of unbranched alkanes of at least 4 members (excludes halogenated alkanes) is 7. The number of allylic oxidation sites excluding steroid dienone is 1. The van der Waals surface area contributed by atoms with Gasteiger partial charge in [0.1, 0.15) is 0 Å². The lowest BCUT2D eigenvalue weighted by molar-refractivity contribution is 0.240. The van der Waals surface area contributed by atoms with E-state index in [2.05, 4.69) is 4.99 Å². The summed E-state index contributed by atoms with van der Waals surface area (Å²) in [5, 5.41) is 0. The molecule has 0 bridgehead atoms. The van der Waals surface area contributed by atoms with Gasteiger partial charge in [0.15, 0.2) is 0 Å². The molecule has 0 N–H and O–H groups in total. The molecule has 0 aromatic heterocycles. The van der Waals surface area contributed by atoms with Gasteiger partial charge in [-0.05, 0) is 19.8 Å². The molecular weight excluding hydrogens is 214 g/mol. The Hall–Kier alpha value is -1.08. The molecule has 0 atom stereocenters. The van der Waals surface area contributed by atoms with E-state index in [0.29, 0.717) is 6.54 Å². The van der Waals surface area contributed by atoms with Crippen molar-refractivity contribution >= 4 is 6.08 Å². The second kappa shape index (κ2) is 14.9. The van der Waals surface area contributed by atoms with E-state index in [1.807, 2.05) is 13.0 Å². The number of isocyanates is 1. The maximum absolute atomic E-state index is 9.80. The van der Waals surface area contributed by atoms with E-state index in [4.69, 9.17) is 4.74 Å². The predicted octanol–water partition coefficient (Wildman–Crippen LogP) is 3.99. The number of rotatable bonds is 12. The zero-order chi connectivity index (χ0) is 12.6. The summed E-state index contributed by atoms with van der Waals surface area (Å²) >= 11 is 0. The number of hydrogen-bond acceptors (Lipinski definition) is 3. The molecule has 3 heteroatoms. The quantitative estimate of drug-likeness (QED) is 0.223. The van der Waals surface area contributed by atoms with Crippen LogP contribution in [0.5, 0.6) is 0 Å². The van der Waals surface area contributed by atoms with Crippen molar-refractivity contribution in [2.45, 2.75) is 58.3 Å². The van der Waals surface area contributed by atoms with Crippen molar-refractivity contribution in [2.75, 3.05) is 13.2 Å². The van der Waals surface area contributed by atoms with Gasteiger partial charge < -0.3 is 4.74 Å². The molecule has 0 rings (SSSR count). The van der Waals surface area contributed by atoms with E-state index >= 15 is 0 Å². The Balaban J connectivity index is 2.96. The maximum atomic E-state index is 9.80. The molecule has 0 aliphatic rings. The summed E-state index contributed by atoms with van der Waals surface area (Å²) in [5.41, 5.74) is 0. The van der Waals surface area contributed by atoms with Crippen LogP contribution in [0.15, 0.2) is 17.3 Å². The topological polar surface area (TPSA) is 38.7 Å². The molecule has 0 fully saturated rings. The fourth-order valence-corrected chi connectivity index (χ4v) is 1.65. The van der Waals surface area contributed by atoms with E-state index in [9.17, 15) is 4.79 Å². The van der Waals surface area contributed by atoms with Crippen molar-refractivity contribution in [2.24, 2.45) is 4.99 Å². The molecule has 0 aliphatic carbocycles. The van der Waals surface area contributed by atoms with Crippen molar-refractivity contribution in [3.8, 4) is 0 Å². The van der Waals surface area contributed by atoms with Gasteiger partial charge in [0, 0.05) is 0 Å². The average Bonchev–Trinajstić information content (AvgIpc) is 2.35. The van der Waals surface area contributed by atoms with Gasteiger partial charge in [-0.1, -0.05) is 44.6 Å². The number of carbonyl (C=O) groups excluding carboxylic acids is 1. The van der Waals surface area contributed by atoms with Crippen molar-refractivity contribution in [1.82, 2.24) is 0 Å². The molecule has 0 amide bonds. The van der Waals surface area contributed by atoms with Crippen LogP contribution in [0.2, 0.25) is 0 Å². The molecule has 0 aliphatic heterocycles. The third-order valence-electron chi connectivity index (χ3n) is 2.58. The highest BCUT2D eigenvalue weighted by Gasteiger charge is 1.92. The molecule has 0 radical (unpaired) electrons. The molecule has 17 heavy (non-hydrogen) atoms. The van der Waals surface area contributed by atoms with Crippen molar-refractivity contribution in [1.29, 1.82) is 0 Å². The van der Waals surface area contributed by atoms with E-state index < -0.39 is 0 Å². The van der Waals surface area contributed by atoms with Gasteiger partial charge in [-0.25, -0.2) is 9.79 Å². The Morgan fingerprint density at radius 3 is 2.18 bits per heavy atom. The lowest BCUT2D eigenvalue weighted by Gasteiger charge is -2.02. The second-order valence-corrected chi connectivity index (χ2v) is 4.14. The molecular formula is C14H25NO2. The fourth-order valence-electron chi connectivity index (χ4n) is 1.65. The summed E-state index contributed by atoms with van der Waals surface area (Å²) in [6, 6.07) is 0. The van der Waals surface area contributed by atoms with E-state index in [1.165, 1.54) is 38.5 Å². The first-order chi connectivity index (χ1) is 8.41. The number of nitrogens with zero attached hydrogens (tertiary/aromatic N) is 1. The van der Waals surface area contributed by atoms with Crippen LogP contribution in [0.1, 0.15) is 58.3 Å². The summed E-state index contributed by atoms with van der Waals surface area (Å²) in [6.45, 7) is 3.44. The summed E-state index contributed by atoms with van der Waals surface area (Å²) < 4.78 is 5.24. The van der Waals surface area contributed by atoms with E-state index in [1.54, 1.807) is 12.3 Å². The Labute approximate surface area is 105 Å². The van der Waals surface area contributed by atoms with Crippen molar-refractivity contribution in [3.63, 3.8) is 0 Å². The summed E-state index contributed by atoms with van der Waals surface area (Å²) in [7, 11) is 0. The van der Waals surface area contributed by atoms with Gasteiger partial charge in [0.05, 0.1) is 19.4 Å². The van der Waals surface area contributed by atoms with Crippen molar-refractivity contribution < 1.29 is 9.53 Å². The van der Waals surface area contributed by atoms with Crippen LogP contribution < -0.4 is 0 Å². The molecule has 0 spiro atoms. The average molecular weight is 239 g/mol. The summed E-state index contributed by atoms with van der Waals surface area (Å²) in [4.78, 5) is 13.3. The van der Waals surface area contributed by atoms with Crippen LogP contribution in [-0.2, 0) is 9.53 Å². The Morgan fingerprint density at radius 1 is 1.00 bits per heavy atom. The largest absolute Gasteiger partial charge is 0.502 e. The summed E-state index contributed by atoms with van der Waals surface area (Å²) in [5.74, 6) is 0. The van der Waals surface area contributed by atoms with Gasteiger partial charge in [0.2, 0.25) is 6.08 Å².